The van der Waals surface area contributed by atoms with E-state index in [1.807, 2.05) is 0 Å². The van der Waals surface area contributed by atoms with Gasteiger partial charge >= 0.3 is 6.18 Å². The molecule has 3 rings (SSSR count). The lowest BCUT2D eigenvalue weighted by atomic mass is 10.2. The van der Waals surface area contributed by atoms with E-state index in [0.29, 0.717) is 4.47 Å². The molecule has 0 N–H and O–H groups in total. The molecule has 0 saturated heterocycles. The van der Waals surface area contributed by atoms with Gasteiger partial charge < -0.3 is 0 Å². The number of hydrogen-bond donors (Lipinski definition) is 0. The minimum atomic E-state index is -4.52. The van der Waals surface area contributed by atoms with Crippen molar-refractivity contribution in [3.8, 4) is 5.69 Å². The Kier molecular flexibility index (Phi) is 4.65. The van der Waals surface area contributed by atoms with Crippen molar-refractivity contribution in [2.75, 3.05) is 0 Å². The van der Waals surface area contributed by atoms with Gasteiger partial charge in [0, 0.05) is 4.47 Å². The Morgan fingerprint density at radius 1 is 1.08 bits per heavy atom. The summed E-state index contributed by atoms with van der Waals surface area (Å²) in [6.07, 6.45) is -4.52. The van der Waals surface area contributed by atoms with Gasteiger partial charge in [-0.3, -0.25) is 0 Å². The van der Waals surface area contributed by atoms with Crippen LogP contribution in [0.4, 0.5) is 13.2 Å². The molecule has 26 heavy (non-hydrogen) atoms. The Morgan fingerprint density at radius 2 is 1.73 bits per heavy atom. The molecule has 3 aromatic rings. The van der Waals surface area contributed by atoms with Crippen molar-refractivity contribution < 1.29 is 21.6 Å². The predicted octanol–water partition coefficient (Wildman–Crippen LogP) is 4.19. The molecule has 1 aromatic heterocycles. The molecule has 0 aliphatic heterocycles. The van der Waals surface area contributed by atoms with E-state index in [9.17, 15) is 21.6 Å². The van der Waals surface area contributed by atoms with Gasteiger partial charge in [-0.2, -0.15) is 13.2 Å². The van der Waals surface area contributed by atoms with Crippen LogP contribution in [0, 0.1) is 6.92 Å². The molecule has 1 heterocycles. The number of alkyl halides is 3. The van der Waals surface area contributed by atoms with E-state index in [1.54, 1.807) is 12.1 Å². The van der Waals surface area contributed by atoms with Crippen LogP contribution in [0.3, 0.4) is 0 Å². The van der Waals surface area contributed by atoms with E-state index in [1.165, 1.54) is 31.2 Å². The van der Waals surface area contributed by atoms with Gasteiger partial charge in [0.05, 0.1) is 21.8 Å². The Bertz CT molecular complexity index is 1060. The number of halogens is 4. The van der Waals surface area contributed by atoms with Gasteiger partial charge in [-0.25, -0.2) is 13.1 Å². The standard InChI is InChI=1S/C16H11BrF3N3O2S/c1-10-15(26(24,25)14-7-5-12(17)6-8-14)21-22-23(10)13-4-2-3-11(9-13)16(18,19)20/h2-9H,1H3. The summed E-state index contributed by atoms with van der Waals surface area (Å²) >= 11 is 3.22. The fourth-order valence-corrected chi connectivity index (χ4v) is 3.95. The van der Waals surface area contributed by atoms with E-state index in [2.05, 4.69) is 26.2 Å². The maximum Gasteiger partial charge on any atom is 0.416 e. The summed E-state index contributed by atoms with van der Waals surface area (Å²) < 4.78 is 65.9. The van der Waals surface area contributed by atoms with E-state index in [-0.39, 0.29) is 21.3 Å². The third-order valence-corrected chi connectivity index (χ3v) is 5.96. The minimum Gasteiger partial charge on any atom is -0.217 e. The fourth-order valence-electron chi connectivity index (χ4n) is 2.35. The molecule has 0 saturated carbocycles. The normalized spacial score (nSPS) is 12.3. The van der Waals surface area contributed by atoms with Crippen LogP contribution in [0.15, 0.2) is 62.9 Å². The van der Waals surface area contributed by atoms with Crippen molar-refractivity contribution in [2.45, 2.75) is 23.0 Å². The SMILES string of the molecule is Cc1c(S(=O)(=O)c2ccc(Br)cc2)nnn1-c1cccc(C(F)(F)F)c1. The van der Waals surface area contributed by atoms with Gasteiger partial charge in [-0.05, 0) is 49.4 Å². The third-order valence-electron chi connectivity index (χ3n) is 3.65. The zero-order chi connectivity index (χ0) is 19.1. The molecule has 0 unspecified atom stereocenters. The summed E-state index contributed by atoms with van der Waals surface area (Å²) in [6.45, 7) is 1.44. The number of sulfone groups is 1. The van der Waals surface area contributed by atoms with Crippen LogP contribution in [-0.4, -0.2) is 23.4 Å². The quantitative estimate of drug-likeness (QED) is 0.606. The third kappa shape index (κ3) is 3.38. The zero-order valence-corrected chi connectivity index (χ0v) is 15.6. The number of aromatic nitrogens is 3. The molecule has 0 fully saturated rings. The van der Waals surface area contributed by atoms with Crippen LogP contribution < -0.4 is 0 Å². The average Bonchev–Trinajstić information content (AvgIpc) is 2.97. The van der Waals surface area contributed by atoms with Crippen molar-refractivity contribution in [1.29, 1.82) is 0 Å². The number of benzene rings is 2. The number of nitrogens with zero attached hydrogens (tertiary/aromatic N) is 3. The summed E-state index contributed by atoms with van der Waals surface area (Å²) in [5.74, 6) is 0. The van der Waals surface area contributed by atoms with E-state index in [4.69, 9.17) is 0 Å². The highest BCUT2D eigenvalue weighted by Gasteiger charge is 2.31. The molecule has 0 spiro atoms. The Hall–Kier alpha value is -2.20. The molecule has 0 aliphatic rings. The maximum absolute atomic E-state index is 12.9. The van der Waals surface area contributed by atoms with Gasteiger partial charge in [0.25, 0.3) is 0 Å². The van der Waals surface area contributed by atoms with Gasteiger partial charge in [0.1, 0.15) is 0 Å². The lowest BCUT2D eigenvalue weighted by molar-refractivity contribution is -0.137. The van der Waals surface area contributed by atoms with Crippen LogP contribution in [0.2, 0.25) is 0 Å². The fraction of sp³-hybridized carbons (Fsp3) is 0.125. The Labute approximate surface area is 155 Å². The Balaban J connectivity index is 2.08. The predicted molar refractivity (Wildman–Crippen MR) is 90.7 cm³/mol. The van der Waals surface area contributed by atoms with Gasteiger partial charge in [0.15, 0.2) is 0 Å². The molecule has 0 radical (unpaired) electrons. The van der Waals surface area contributed by atoms with Gasteiger partial charge in [-0.1, -0.05) is 27.2 Å². The van der Waals surface area contributed by atoms with E-state index < -0.39 is 21.6 Å². The van der Waals surface area contributed by atoms with Crippen LogP contribution in [0.5, 0.6) is 0 Å². The lowest BCUT2D eigenvalue weighted by Crippen LogP contribution is -2.08. The molecule has 2 aromatic carbocycles. The zero-order valence-electron chi connectivity index (χ0n) is 13.2. The summed E-state index contributed by atoms with van der Waals surface area (Å²) in [5.41, 5.74) is -0.670. The monoisotopic (exact) mass is 445 g/mol. The van der Waals surface area contributed by atoms with Crippen molar-refractivity contribution in [3.63, 3.8) is 0 Å². The van der Waals surface area contributed by atoms with E-state index >= 15 is 0 Å². The number of rotatable bonds is 3. The smallest absolute Gasteiger partial charge is 0.217 e. The van der Waals surface area contributed by atoms with Crippen molar-refractivity contribution >= 4 is 25.8 Å². The summed E-state index contributed by atoms with van der Waals surface area (Å²) in [6, 6.07) is 10.4. The maximum atomic E-state index is 12.9. The van der Waals surface area contributed by atoms with Crippen molar-refractivity contribution in [2.24, 2.45) is 0 Å². The molecule has 0 atom stereocenters. The average molecular weight is 446 g/mol. The second-order valence-electron chi connectivity index (χ2n) is 5.40. The highest BCUT2D eigenvalue weighted by molar-refractivity contribution is 9.10. The highest BCUT2D eigenvalue weighted by Crippen LogP contribution is 2.31. The van der Waals surface area contributed by atoms with Crippen molar-refractivity contribution in [1.82, 2.24) is 15.0 Å². The Morgan fingerprint density at radius 3 is 2.35 bits per heavy atom. The summed E-state index contributed by atoms with van der Waals surface area (Å²) in [5, 5.41) is 7.11. The summed E-state index contributed by atoms with van der Waals surface area (Å²) in [4.78, 5) is 0.0138. The topological polar surface area (TPSA) is 64.8 Å². The molecule has 0 aliphatic carbocycles. The first-order chi connectivity index (χ1) is 12.1. The van der Waals surface area contributed by atoms with Crippen LogP contribution in [-0.2, 0) is 16.0 Å². The van der Waals surface area contributed by atoms with E-state index in [0.717, 1.165) is 16.8 Å². The summed E-state index contributed by atoms with van der Waals surface area (Å²) in [7, 11) is -3.95. The molecule has 5 nitrogen and oxygen atoms in total. The van der Waals surface area contributed by atoms with Crippen LogP contribution in [0.1, 0.15) is 11.3 Å². The molecular weight excluding hydrogens is 435 g/mol. The minimum absolute atomic E-state index is 0.0138. The van der Waals surface area contributed by atoms with Gasteiger partial charge in [-0.15, -0.1) is 5.10 Å². The highest BCUT2D eigenvalue weighted by atomic mass is 79.9. The first-order valence-corrected chi connectivity index (χ1v) is 9.49. The first kappa shape index (κ1) is 18.6. The first-order valence-electron chi connectivity index (χ1n) is 7.21. The molecular formula is C16H11BrF3N3O2S. The largest absolute Gasteiger partial charge is 0.416 e. The second-order valence-corrected chi connectivity index (χ2v) is 8.18. The molecule has 0 bridgehead atoms. The second kappa shape index (κ2) is 6.51. The van der Waals surface area contributed by atoms with Gasteiger partial charge in [0.2, 0.25) is 14.9 Å². The molecule has 10 heteroatoms. The van der Waals surface area contributed by atoms with Crippen LogP contribution >= 0.6 is 15.9 Å². The number of hydrogen-bond acceptors (Lipinski definition) is 4. The van der Waals surface area contributed by atoms with Crippen molar-refractivity contribution in [3.05, 3.63) is 64.3 Å². The lowest BCUT2D eigenvalue weighted by Gasteiger charge is -2.09. The molecule has 0 amide bonds. The molecule has 136 valence electrons. The van der Waals surface area contributed by atoms with Crippen LogP contribution in [0.25, 0.3) is 5.69 Å².